The summed E-state index contributed by atoms with van der Waals surface area (Å²) >= 11 is 1.39. The Morgan fingerprint density at radius 1 is 1.14 bits per heavy atom. The average Bonchev–Trinajstić information content (AvgIpc) is 3.34. The third-order valence-corrected chi connectivity index (χ3v) is 7.71. The first-order valence-electron chi connectivity index (χ1n) is 12.2. The molecule has 8 nitrogen and oxygen atoms in total. The Kier molecular flexibility index (Phi) is 6.86. The van der Waals surface area contributed by atoms with E-state index >= 15 is 0 Å². The van der Waals surface area contributed by atoms with Gasteiger partial charge in [-0.05, 0) is 56.9 Å². The summed E-state index contributed by atoms with van der Waals surface area (Å²) in [5.41, 5.74) is 3.01. The average molecular weight is 491 g/mol. The summed E-state index contributed by atoms with van der Waals surface area (Å²) in [7, 11) is 0. The Morgan fingerprint density at radius 2 is 2.00 bits per heavy atom. The molecule has 5 rings (SSSR count). The van der Waals surface area contributed by atoms with Crippen molar-refractivity contribution in [2.24, 2.45) is 0 Å². The third kappa shape index (κ3) is 4.82. The quantitative estimate of drug-likeness (QED) is 0.485. The Morgan fingerprint density at radius 3 is 2.83 bits per heavy atom. The van der Waals surface area contributed by atoms with Crippen molar-refractivity contribution < 1.29 is 9.59 Å². The van der Waals surface area contributed by atoms with Crippen LogP contribution in [0.3, 0.4) is 0 Å². The molecule has 0 saturated carbocycles. The maximum atomic E-state index is 13.6. The number of fused-ring (bicyclic) bond motifs is 1. The van der Waals surface area contributed by atoms with E-state index in [1.165, 1.54) is 17.3 Å². The SMILES string of the molecule is CC(Sc1nnc(CN2CCCCCC2=O)n1-c1cccnc1)C(=O)N1c2ccccc2CC1C. The number of rotatable bonds is 6. The molecule has 4 heterocycles. The molecule has 0 N–H and O–H groups in total. The zero-order chi connectivity index (χ0) is 24.4. The number of benzene rings is 1. The van der Waals surface area contributed by atoms with Gasteiger partial charge in [-0.15, -0.1) is 10.2 Å². The molecule has 2 amide bonds. The van der Waals surface area contributed by atoms with E-state index < -0.39 is 0 Å². The molecule has 1 saturated heterocycles. The summed E-state index contributed by atoms with van der Waals surface area (Å²) < 4.78 is 1.93. The predicted molar refractivity (Wildman–Crippen MR) is 135 cm³/mol. The molecule has 2 aliphatic heterocycles. The molecule has 2 unspecified atom stereocenters. The monoisotopic (exact) mass is 490 g/mol. The molecule has 3 aromatic rings. The van der Waals surface area contributed by atoms with Crippen molar-refractivity contribution in [2.45, 2.75) is 68.9 Å². The van der Waals surface area contributed by atoms with E-state index in [-0.39, 0.29) is 23.1 Å². The van der Waals surface area contributed by atoms with Gasteiger partial charge >= 0.3 is 0 Å². The summed E-state index contributed by atoms with van der Waals surface area (Å²) in [6.07, 6.45) is 7.90. The Labute approximate surface area is 209 Å². The first kappa shape index (κ1) is 23.5. The lowest BCUT2D eigenvalue weighted by molar-refractivity contribution is -0.131. The number of hydrogen-bond donors (Lipinski definition) is 0. The van der Waals surface area contributed by atoms with Crippen LogP contribution in [0.15, 0.2) is 53.9 Å². The van der Waals surface area contributed by atoms with Gasteiger partial charge in [0.15, 0.2) is 11.0 Å². The van der Waals surface area contributed by atoms with Crippen LogP contribution in [0.4, 0.5) is 5.69 Å². The molecule has 1 aromatic carbocycles. The second kappa shape index (κ2) is 10.2. The minimum atomic E-state index is -0.365. The highest BCUT2D eigenvalue weighted by Crippen LogP contribution is 2.35. The highest BCUT2D eigenvalue weighted by atomic mass is 32.2. The molecule has 182 valence electrons. The number of thioether (sulfide) groups is 1. The summed E-state index contributed by atoms with van der Waals surface area (Å²) in [6.45, 7) is 5.12. The van der Waals surface area contributed by atoms with Crippen LogP contribution in [0.1, 0.15) is 50.9 Å². The second-order valence-corrected chi connectivity index (χ2v) is 10.5. The minimum Gasteiger partial charge on any atom is -0.335 e. The van der Waals surface area contributed by atoms with Crippen LogP contribution in [-0.4, -0.2) is 54.3 Å². The molecule has 1 fully saturated rings. The van der Waals surface area contributed by atoms with Gasteiger partial charge in [-0.1, -0.05) is 36.4 Å². The van der Waals surface area contributed by atoms with Crippen LogP contribution in [0.25, 0.3) is 5.69 Å². The maximum absolute atomic E-state index is 13.6. The van der Waals surface area contributed by atoms with E-state index in [1.807, 2.05) is 51.6 Å². The Balaban J connectivity index is 1.41. The number of hydrogen-bond acceptors (Lipinski definition) is 6. The van der Waals surface area contributed by atoms with Crippen molar-refractivity contribution in [1.82, 2.24) is 24.6 Å². The summed E-state index contributed by atoms with van der Waals surface area (Å²) in [6, 6.07) is 12.0. The van der Waals surface area contributed by atoms with E-state index in [9.17, 15) is 9.59 Å². The number of amides is 2. The lowest BCUT2D eigenvalue weighted by Crippen LogP contribution is -2.40. The number of carbonyl (C=O) groups is 2. The van der Waals surface area contributed by atoms with Gasteiger partial charge in [0.25, 0.3) is 0 Å². The fourth-order valence-corrected chi connectivity index (χ4v) is 5.84. The van der Waals surface area contributed by atoms with Crippen molar-refractivity contribution in [3.8, 4) is 5.69 Å². The first-order valence-corrected chi connectivity index (χ1v) is 13.1. The molecular formula is C26H30N6O2S. The van der Waals surface area contributed by atoms with Gasteiger partial charge in [-0.25, -0.2) is 0 Å². The van der Waals surface area contributed by atoms with Gasteiger partial charge < -0.3 is 9.80 Å². The zero-order valence-electron chi connectivity index (χ0n) is 20.1. The van der Waals surface area contributed by atoms with Crippen LogP contribution in [-0.2, 0) is 22.6 Å². The smallest absolute Gasteiger partial charge is 0.240 e. The molecular weight excluding hydrogens is 460 g/mol. The van der Waals surface area contributed by atoms with Crippen LogP contribution in [0, 0.1) is 0 Å². The molecule has 0 radical (unpaired) electrons. The predicted octanol–water partition coefficient (Wildman–Crippen LogP) is 4.02. The highest BCUT2D eigenvalue weighted by molar-refractivity contribution is 8.00. The lowest BCUT2D eigenvalue weighted by atomic mass is 10.1. The van der Waals surface area contributed by atoms with E-state index in [0.29, 0.717) is 23.9 Å². The lowest BCUT2D eigenvalue weighted by Gasteiger charge is -2.26. The summed E-state index contributed by atoms with van der Waals surface area (Å²) in [5, 5.41) is 9.17. The van der Waals surface area contributed by atoms with Gasteiger partial charge in [0.2, 0.25) is 11.8 Å². The minimum absolute atomic E-state index is 0.0532. The van der Waals surface area contributed by atoms with Crippen molar-refractivity contribution in [1.29, 1.82) is 0 Å². The molecule has 0 spiro atoms. The Bertz CT molecular complexity index is 1210. The number of pyridine rings is 1. The van der Waals surface area contributed by atoms with Gasteiger partial charge in [0, 0.05) is 30.9 Å². The highest BCUT2D eigenvalue weighted by Gasteiger charge is 2.34. The maximum Gasteiger partial charge on any atom is 0.240 e. The van der Waals surface area contributed by atoms with Crippen molar-refractivity contribution in [3.05, 3.63) is 60.2 Å². The normalized spacial score (nSPS) is 18.9. The van der Waals surface area contributed by atoms with Gasteiger partial charge in [0.05, 0.1) is 23.7 Å². The third-order valence-electron chi connectivity index (χ3n) is 6.68. The largest absolute Gasteiger partial charge is 0.335 e. The number of aromatic nitrogens is 4. The fourth-order valence-electron chi connectivity index (χ4n) is 4.91. The van der Waals surface area contributed by atoms with Crippen LogP contribution < -0.4 is 4.90 Å². The van der Waals surface area contributed by atoms with Crippen molar-refractivity contribution in [3.63, 3.8) is 0 Å². The van der Waals surface area contributed by atoms with Gasteiger partial charge in [-0.2, -0.15) is 0 Å². The van der Waals surface area contributed by atoms with Crippen LogP contribution in [0.5, 0.6) is 0 Å². The molecule has 2 aromatic heterocycles. The number of carbonyl (C=O) groups excluding carboxylic acids is 2. The van der Waals surface area contributed by atoms with E-state index in [4.69, 9.17) is 0 Å². The molecule has 9 heteroatoms. The summed E-state index contributed by atoms with van der Waals surface area (Å²) in [5.74, 6) is 0.885. The van der Waals surface area contributed by atoms with Gasteiger partial charge in [0.1, 0.15) is 0 Å². The first-order chi connectivity index (χ1) is 17.0. The number of para-hydroxylation sites is 1. The van der Waals surface area contributed by atoms with Crippen LogP contribution in [0.2, 0.25) is 0 Å². The topological polar surface area (TPSA) is 84.2 Å². The van der Waals surface area contributed by atoms with E-state index in [2.05, 4.69) is 28.2 Å². The number of likely N-dealkylation sites (tertiary alicyclic amines) is 1. The van der Waals surface area contributed by atoms with Gasteiger partial charge in [-0.3, -0.25) is 19.1 Å². The fraction of sp³-hybridized carbons (Fsp3) is 0.423. The molecule has 2 atom stereocenters. The number of nitrogens with zero attached hydrogens (tertiary/aromatic N) is 6. The van der Waals surface area contributed by atoms with E-state index in [1.54, 1.807) is 12.4 Å². The standard InChI is InChI=1S/C26H30N6O2S/c1-18-15-20-9-5-6-11-22(20)31(18)25(34)19(2)35-26-29-28-23(32(26)21-10-8-13-27-16-21)17-30-14-7-3-4-12-24(30)33/h5-6,8-11,13,16,18-19H,3-4,7,12,14-15,17H2,1-2H3. The molecule has 0 aliphatic carbocycles. The van der Waals surface area contributed by atoms with Crippen LogP contribution >= 0.6 is 11.8 Å². The van der Waals surface area contributed by atoms with E-state index in [0.717, 1.165) is 43.6 Å². The molecule has 2 aliphatic rings. The Hall–Kier alpha value is -3.20. The van der Waals surface area contributed by atoms with Crippen molar-refractivity contribution in [2.75, 3.05) is 11.4 Å². The van der Waals surface area contributed by atoms with Crippen molar-refractivity contribution >= 4 is 29.3 Å². The molecule has 35 heavy (non-hydrogen) atoms. The second-order valence-electron chi connectivity index (χ2n) is 9.22. The number of anilines is 1. The summed E-state index contributed by atoms with van der Waals surface area (Å²) in [4.78, 5) is 34.2. The zero-order valence-corrected chi connectivity index (χ0v) is 20.9. The molecule has 0 bridgehead atoms.